The van der Waals surface area contributed by atoms with E-state index in [9.17, 15) is 0 Å². The largest absolute Gasteiger partial charge is 0.454 e. The minimum absolute atomic E-state index is 0.860. The SMILES string of the molecule is c1ccc(-c2ccc(-c3ccc(N(c4ccc(-c5ccccc5)c(-c5cccc6sc7ccccc7c56)c4)c4cccc5c4oc4ccccc45)cc3)cc2)cc1. The number of furan rings is 1. The molecule has 0 N–H and O–H groups in total. The smallest absolute Gasteiger partial charge is 0.159 e. The van der Waals surface area contributed by atoms with E-state index in [1.54, 1.807) is 0 Å². The molecule has 268 valence electrons. The van der Waals surface area contributed by atoms with Crippen LogP contribution >= 0.6 is 11.3 Å². The lowest BCUT2D eigenvalue weighted by Crippen LogP contribution is -2.10. The number of hydrogen-bond acceptors (Lipinski definition) is 3. The number of para-hydroxylation sites is 2. The summed E-state index contributed by atoms with van der Waals surface area (Å²) in [5.41, 5.74) is 14.4. The van der Waals surface area contributed by atoms with Crippen LogP contribution in [0.1, 0.15) is 0 Å². The van der Waals surface area contributed by atoms with E-state index < -0.39 is 0 Å². The third kappa shape index (κ3) is 5.80. The second-order valence-corrected chi connectivity index (χ2v) is 15.5. The van der Waals surface area contributed by atoms with E-state index in [0.717, 1.165) is 44.6 Å². The van der Waals surface area contributed by atoms with Gasteiger partial charge in [0.2, 0.25) is 0 Å². The highest BCUT2D eigenvalue weighted by Crippen LogP contribution is 2.47. The summed E-state index contributed by atoms with van der Waals surface area (Å²) in [5.74, 6) is 0. The molecule has 0 atom stereocenters. The maximum atomic E-state index is 6.71. The summed E-state index contributed by atoms with van der Waals surface area (Å²) in [4.78, 5) is 2.36. The molecular formula is C54H35NOS. The molecule has 0 fully saturated rings. The number of nitrogens with zero attached hydrogens (tertiary/aromatic N) is 1. The quantitative estimate of drug-likeness (QED) is 0.162. The van der Waals surface area contributed by atoms with Crippen molar-refractivity contribution in [1.29, 1.82) is 0 Å². The molecule has 11 aromatic rings. The highest BCUT2D eigenvalue weighted by molar-refractivity contribution is 7.25. The Bertz CT molecular complexity index is 3210. The fraction of sp³-hybridized carbons (Fsp3) is 0. The Labute approximate surface area is 335 Å². The lowest BCUT2D eigenvalue weighted by Gasteiger charge is -2.27. The van der Waals surface area contributed by atoms with E-state index in [-0.39, 0.29) is 0 Å². The van der Waals surface area contributed by atoms with Gasteiger partial charge >= 0.3 is 0 Å². The van der Waals surface area contributed by atoms with Gasteiger partial charge in [-0.25, -0.2) is 0 Å². The third-order valence-corrected chi connectivity index (χ3v) is 12.3. The van der Waals surface area contributed by atoms with Crippen LogP contribution in [0.25, 0.3) is 86.6 Å². The average Bonchev–Trinajstić information content (AvgIpc) is 3.87. The molecule has 0 saturated carbocycles. The molecule has 3 heteroatoms. The minimum Gasteiger partial charge on any atom is -0.454 e. The van der Waals surface area contributed by atoms with Crippen molar-refractivity contribution in [3.8, 4) is 44.5 Å². The molecule has 0 bridgehead atoms. The molecule has 0 amide bonds. The highest BCUT2D eigenvalue weighted by atomic mass is 32.1. The van der Waals surface area contributed by atoms with Gasteiger partial charge in [0, 0.05) is 42.3 Å². The van der Waals surface area contributed by atoms with Crippen molar-refractivity contribution in [3.63, 3.8) is 0 Å². The summed E-state index contributed by atoms with van der Waals surface area (Å²) in [6.45, 7) is 0. The number of anilines is 3. The summed E-state index contributed by atoms with van der Waals surface area (Å²) in [7, 11) is 0. The van der Waals surface area contributed by atoms with Crippen LogP contribution in [-0.2, 0) is 0 Å². The molecule has 2 heterocycles. The van der Waals surface area contributed by atoms with Crippen molar-refractivity contribution in [3.05, 3.63) is 212 Å². The van der Waals surface area contributed by atoms with Crippen LogP contribution in [0, 0.1) is 0 Å². The summed E-state index contributed by atoms with van der Waals surface area (Å²) >= 11 is 1.86. The van der Waals surface area contributed by atoms with Crippen LogP contribution < -0.4 is 4.90 Å². The zero-order valence-electron chi connectivity index (χ0n) is 31.0. The second kappa shape index (κ2) is 13.8. The van der Waals surface area contributed by atoms with E-state index in [1.165, 1.54) is 59.1 Å². The van der Waals surface area contributed by atoms with Gasteiger partial charge in [0.05, 0.1) is 5.69 Å². The molecule has 0 radical (unpaired) electrons. The first-order valence-corrected chi connectivity index (χ1v) is 20.1. The third-order valence-electron chi connectivity index (χ3n) is 11.1. The van der Waals surface area contributed by atoms with E-state index in [1.807, 2.05) is 17.4 Å². The molecule has 0 aliphatic carbocycles. The summed E-state index contributed by atoms with van der Waals surface area (Å²) in [5, 5.41) is 4.79. The summed E-state index contributed by atoms with van der Waals surface area (Å²) in [6.07, 6.45) is 0. The van der Waals surface area contributed by atoms with Gasteiger partial charge in [-0.2, -0.15) is 0 Å². The van der Waals surface area contributed by atoms with Gasteiger partial charge in [-0.3, -0.25) is 0 Å². The fourth-order valence-corrected chi connectivity index (χ4v) is 9.52. The molecule has 2 aromatic heterocycles. The molecule has 57 heavy (non-hydrogen) atoms. The molecule has 0 unspecified atom stereocenters. The Morgan fingerprint density at radius 3 is 1.67 bits per heavy atom. The zero-order chi connectivity index (χ0) is 37.7. The Morgan fingerprint density at radius 1 is 0.351 bits per heavy atom. The Balaban J connectivity index is 1.11. The van der Waals surface area contributed by atoms with E-state index in [4.69, 9.17) is 4.42 Å². The monoisotopic (exact) mass is 745 g/mol. The fourth-order valence-electron chi connectivity index (χ4n) is 8.39. The number of hydrogen-bond donors (Lipinski definition) is 0. The average molecular weight is 746 g/mol. The molecule has 0 aliphatic rings. The van der Waals surface area contributed by atoms with E-state index in [2.05, 4.69) is 211 Å². The van der Waals surface area contributed by atoms with Crippen molar-refractivity contribution in [2.24, 2.45) is 0 Å². The number of rotatable bonds is 7. The molecule has 2 nitrogen and oxygen atoms in total. The van der Waals surface area contributed by atoms with Crippen molar-refractivity contribution in [1.82, 2.24) is 0 Å². The van der Waals surface area contributed by atoms with E-state index >= 15 is 0 Å². The first-order valence-electron chi connectivity index (χ1n) is 19.3. The van der Waals surface area contributed by atoms with Gasteiger partial charge < -0.3 is 9.32 Å². The Morgan fingerprint density at radius 2 is 0.912 bits per heavy atom. The predicted molar refractivity (Wildman–Crippen MR) is 243 cm³/mol. The molecule has 9 aromatic carbocycles. The topological polar surface area (TPSA) is 16.4 Å². The van der Waals surface area contributed by atoms with Gasteiger partial charge in [-0.05, 0) is 93.0 Å². The summed E-state index contributed by atoms with van der Waals surface area (Å²) < 4.78 is 9.29. The lowest BCUT2D eigenvalue weighted by atomic mass is 9.91. The van der Waals surface area contributed by atoms with Gasteiger partial charge in [-0.1, -0.05) is 164 Å². The first kappa shape index (κ1) is 33.2. The maximum Gasteiger partial charge on any atom is 0.159 e. The zero-order valence-corrected chi connectivity index (χ0v) is 31.8. The van der Waals surface area contributed by atoms with Crippen molar-refractivity contribution in [2.75, 3.05) is 4.90 Å². The first-order chi connectivity index (χ1) is 28.3. The highest BCUT2D eigenvalue weighted by Gasteiger charge is 2.22. The van der Waals surface area contributed by atoms with Crippen LogP contribution in [0.5, 0.6) is 0 Å². The number of thiophene rings is 1. The van der Waals surface area contributed by atoms with Crippen LogP contribution in [0.15, 0.2) is 217 Å². The number of benzene rings is 9. The van der Waals surface area contributed by atoms with Gasteiger partial charge in [0.1, 0.15) is 5.58 Å². The Hall–Kier alpha value is -7.20. The second-order valence-electron chi connectivity index (χ2n) is 14.5. The van der Waals surface area contributed by atoms with Crippen molar-refractivity contribution in [2.45, 2.75) is 0 Å². The molecule has 0 saturated heterocycles. The molecule has 11 rings (SSSR count). The molecule has 0 spiro atoms. The van der Waals surface area contributed by atoms with Crippen molar-refractivity contribution >= 4 is 70.5 Å². The van der Waals surface area contributed by atoms with Crippen LogP contribution in [0.4, 0.5) is 17.1 Å². The van der Waals surface area contributed by atoms with Crippen molar-refractivity contribution < 1.29 is 4.42 Å². The van der Waals surface area contributed by atoms with Gasteiger partial charge in [-0.15, -0.1) is 11.3 Å². The Kier molecular flexibility index (Phi) is 8.04. The normalized spacial score (nSPS) is 11.5. The minimum atomic E-state index is 0.860. The van der Waals surface area contributed by atoms with Crippen LogP contribution in [0.2, 0.25) is 0 Å². The standard InChI is InChI=1S/C54H35NOS/c1-3-13-36(14-4-1)37-25-27-38(28-26-37)39-29-31-41(32-30-39)55(49-21-11-20-46-44-17-7-9-22-50(44)56-54(46)49)42-33-34-43(40-15-5-2-6-16-40)48(35-42)45-19-12-24-52-53(45)47-18-8-10-23-51(47)57-52/h1-35H. The predicted octanol–water partition coefficient (Wildman–Crippen LogP) is 16.1. The van der Waals surface area contributed by atoms with Crippen LogP contribution in [0.3, 0.4) is 0 Å². The summed E-state index contributed by atoms with van der Waals surface area (Å²) in [6, 6.07) is 76.3. The van der Waals surface area contributed by atoms with Gasteiger partial charge in [0.15, 0.2) is 5.58 Å². The molecule has 0 aliphatic heterocycles. The van der Waals surface area contributed by atoms with E-state index in [0.29, 0.717) is 0 Å². The molecular weight excluding hydrogens is 711 g/mol. The number of fused-ring (bicyclic) bond motifs is 6. The van der Waals surface area contributed by atoms with Crippen LogP contribution in [-0.4, -0.2) is 0 Å². The lowest BCUT2D eigenvalue weighted by molar-refractivity contribution is 0.669. The van der Waals surface area contributed by atoms with Gasteiger partial charge in [0.25, 0.3) is 0 Å². The maximum absolute atomic E-state index is 6.71.